The number of benzene rings is 1. The third-order valence-corrected chi connectivity index (χ3v) is 4.51. The lowest BCUT2D eigenvalue weighted by Crippen LogP contribution is -2.36. The van der Waals surface area contributed by atoms with Crippen LogP contribution in [0.15, 0.2) is 24.3 Å². The van der Waals surface area contributed by atoms with Gasteiger partial charge in [0.05, 0.1) is 0 Å². The summed E-state index contributed by atoms with van der Waals surface area (Å²) < 4.78 is 0. The Morgan fingerprint density at radius 3 is 2.25 bits per heavy atom. The zero-order chi connectivity index (χ0) is 14.4. The van der Waals surface area contributed by atoms with Crippen molar-refractivity contribution >= 4 is 6.29 Å². The molecule has 1 aromatic carbocycles. The second-order valence-corrected chi connectivity index (χ2v) is 6.55. The van der Waals surface area contributed by atoms with E-state index in [0.29, 0.717) is 0 Å². The third kappa shape index (κ3) is 4.17. The van der Waals surface area contributed by atoms with Crippen molar-refractivity contribution in [1.29, 1.82) is 0 Å². The summed E-state index contributed by atoms with van der Waals surface area (Å²) in [6, 6.07) is 8.69. The summed E-state index contributed by atoms with van der Waals surface area (Å²) in [6.07, 6.45) is 8.36. The second kappa shape index (κ2) is 7.03. The van der Waals surface area contributed by atoms with Crippen molar-refractivity contribution in [1.82, 2.24) is 4.90 Å². The van der Waals surface area contributed by atoms with Gasteiger partial charge in [0.1, 0.15) is 6.29 Å². The summed E-state index contributed by atoms with van der Waals surface area (Å²) in [5.74, 6) is 0. The Balaban J connectivity index is 1.96. The first-order valence-electron chi connectivity index (χ1n) is 7.84. The fraction of sp³-hybridized carbons (Fsp3) is 0.611. The topological polar surface area (TPSA) is 20.3 Å². The molecule has 2 rings (SSSR count). The van der Waals surface area contributed by atoms with Gasteiger partial charge in [-0.25, -0.2) is 0 Å². The van der Waals surface area contributed by atoms with Crippen molar-refractivity contribution in [3.8, 4) is 0 Å². The molecule has 0 amide bonds. The van der Waals surface area contributed by atoms with Crippen LogP contribution in [0.5, 0.6) is 0 Å². The minimum atomic E-state index is -0.101. The Morgan fingerprint density at radius 2 is 1.70 bits per heavy atom. The van der Waals surface area contributed by atoms with Crippen molar-refractivity contribution < 1.29 is 4.79 Å². The number of hydrogen-bond donors (Lipinski definition) is 0. The zero-order valence-electron chi connectivity index (χ0n) is 12.9. The van der Waals surface area contributed by atoms with Crippen LogP contribution in [0.4, 0.5) is 0 Å². The van der Waals surface area contributed by atoms with Crippen LogP contribution in [0, 0.1) is 12.3 Å². The molecule has 1 fully saturated rings. The van der Waals surface area contributed by atoms with E-state index in [9.17, 15) is 4.79 Å². The highest BCUT2D eigenvalue weighted by molar-refractivity contribution is 5.59. The van der Waals surface area contributed by atoms with E-state index in [1.807, 2.05) is 0 Å². The molecule has 0 radical (unpaired) electrons. The van der Waals surface area contributed by atoms with E-state index in [1.165, 1.54) is 43.1 Å². The van der Waals surface area contributed by atoms with Crippen molar-refractivity contribution in [3.63, 3.8) is 0 Å². The normalized spacial score (nSPS) is 18.8. The number of carbonyl (C=O) groups is 1. The fourth-order valence-electron chi connectivity index (χ4n) is 3.34. The molecule has 1 saturated carbocycles. The van der Waals surface area contributed by atoms with Crippen LogP contribution in [0.1, 0.15) is 49.7 Å². The van der Waals surface area contributed by atoms with E-state index in [1.54, 1.807) is 0 Å². The highest BCUT2D eigenvalue weighted by Crippen LogP contribution is 2.34. The Labute approximate surface area is 123 Å². The van der Waals surface area contributed by atoms with Crippen LogP contribution in [-0.4, -0.2) is 24.8 Å². The van der Waals surface area contributed by atoms with Crippen molar-refractivity contribution in [2.45, 2.75) is 52.0 Å². The molecule has 0 aliphatic heterocycles. The van der Waals surface area contributed by atoms with E-state index in [2.05, 4.69) is 43.1 Å². The molecule has 0 bridgehead atoms. The molecule has 2 heteroatoms. The third-order valence-electron chi connectivity index (χ3n) is 4.51. The Morgan fingerprint density at radius 1 is 1.10 bits per heavy atom. The van der Waals surface area contributed by atoms with Crippen molar-refractivity contribution in [3.05, 3.63) is 35.4 Å². The molecule has 0 N–H and O–H groups in total. The molecular formula is C18H27NO. The van der Waals surface area contributed by atoms with Gasteiger partial charge in [0.2, 0.25) is 0 Å². The summed E-state index contributed by atoms with van der Waals surface area (Å²) in [7, 11) is 2.13. The van der Waals surface area contributed by atoms with Crippen molar-refractivity contribution in [2.75, 3.05) is 13.6 Å². The number of rotatable bonds is 5. The number of nitrogens with zero attached hydrogens (tertiary/aromatic N) is 1. The molecule has 1 aromatic rings. The van der Waals surface area contributed by atoms with Gasteiger partial charge in [-0.15, -0.1) is 0 Å². The Bertz CT molecular complexity index is 416. The molecule has 20 heavy (non-hydrogen) atoms. The standard InChI is InChI=1S/C18H27NO/c1-16-7-9-17(10-8-16)13-19(2)14-18(15-20)11-5-3-4-6-12-18/h7-10,15H,3-6,11-14H2,1-2H3. The quantitative estimate of drug-likeness (QED) is 0.597. The average Bonchev–Trinajstić information content (AvgIpc) is 2.67. The van der Waals surface area contributed by atoms with Crippen LogP contribution in [0.25, 0.3) is 0 Å². The van der Waals surface area contributed by atoms with Gasteiger partial charge in [-0.2, -0.15) is 0 Å². The molecule has 0 heterocycles. The average molecular weight is 273 g/mol. The SMILES string of the molecule is Cc1ccc(CN(C)CC2(C=O)CCCCCC2)cc1. The maximum Gasteiger partial charge on any atom is 0.127 e. The molecule has 0 aromatic heterocycles. The molecule has 1 aliphatic carbocycles. The zero-order valence-corrected chi connectivity index (χ0v) is 12.9. The van der Waals surface area contributed by atoms with Gasteiger partial charge in [-0.05, 0) is 32.4 Å². The highest BCUT2D eigenvalue weighted by atomic mass is 16.1. The van der Waals surface area contributed by atoms with Gasteiger partial charge in [-0.3, -0.25) is 0 Å². The molecule has 0 spiro atoms. The summed E-state index contributed by atoms with van der Waals surface area (Å²) in [4.78, 5) is 14.0. The lowest BCUT2D eigenvalue weighted by Gasteiger charge is -2.31. The monoisotopic (exact) mass is 273 g/mol. The predicted molar refractivity (Wildman–Crippen MR) is 83.7 cm³/mol. The largest absolute Gasteiger partial charge is 0.303 e. The van der Waals surface area contributed by atoms with Gasteiger partial charge < -0.3 is 9.69 Å². The highest BCUT2D eigenvalue weighted by Gasteiger charge is 2.31. The minimum absolute atomic E-state index is 0.101. The molecule has 2 nitrogen and oxygen atoms in total. The van der Waals surface area contributed by atoms with E-state index in [0.717, 1.165) is 25.9 Å². The molecule has 0 unspecified atom stereocenters. The van der Waals surface area contributed by atoms with Gasteiger partial charge in [0.15, 0.2) is 0 Å². The first-order chi connectivity index (χ1) is 9.63. The second-order valence-electron chi connectivity index (χ2n) is 6.55. The van der Waals surface area contributed by atoms with Gasteiger partial charge >= 0.3 is 0 Å². The Hall–Kier alpha value is -1.15. The number of hydrogen-bond acceptors (Lipinski definition) is 2. The minimum Gasteiger partial charge on any atom is -0.303 e. The molecule has 0 atom stereocenters. The molecule has 0 saturated heterocycles. The van der Waals surface area contributed by atoms with Crippen LogP contribution in [0.3, 0.4) is 0 Å². The lowest BCUT2D eigenvalue weighted by molar-refractivity contribution is -0.118. The molecule has 1 aliphatic rings. The predicted octanol–water partition coefficient (Wildman–Crippen LogP) is 3.97. The molecule has 110 valence electrons. The maximum absolute atomic E-state index is 11.6. The van der Waals surface area contributed by atoms with Gasteiger partial charge in [-0.1, -0.05) is 55.5 Å². The fourth-order valence-corrected chi connectivity index (χ4v) is 3.34. The maximum atomic E-state index is 11.6. The van der Waals surface area contributed by atoms with E-state index in [4.69, 9.17) is 0 Å². The summed E-state index contributed by atoms with van der Waals surface area (Å²) in [6.45, 7) is 3.93. The Kier molecular flexibility index (Phi) is 5.36. The number of aldehydes is 1. The smallest absolute Gasteiger partial charge is 0.127 e. The van der Waals surface area contributed by atoms with Crippen LogP contribution in [-0.2, 0) is 11.3 Å². The summed E-state index contributed by atoms with van der Waals surface area (Å²) in [5, 5.41) is 0. The van der Waals surface area contributed by atoms with Crippen LogP contribution < -0.4 is 0 Å². The van der Waals surface area contributed by atoms with Crippen molar-refractivity contribution in [2.24, 2.45) is 5.41 Å². The van der Waals surface area contributed by atoms with Crippen LogP contribution >= 0.6 is 0 Å². The van der Waals surface area contributed by atoms with Gasteiger partial charge in [0.25, 0.3) is 0 Å². The van der Waals surface area contributed by atoms with Gasteiger partial charge in [0, 0.05) is 18.5 Å². The first-order valence-corrected chi connectivity index (χ1v) is 7.84. The van der Waals surface area contributed by atoms with E-state index in [-0.39, 0.29) is 5.41 Å². The van der Waals surface area contributed by atoms with E-state index >= 15 is 0 Å². The summed E-state index contributed by atoms with van der Waals surface area (Å²) >= 11 is 0. The van der Waals surface area contributed by atoms with E-state index < -0.39 is 0 Å². The molecular weight excluding hydrogens is 246 g/mol. The van der Waals surface area contributed by atoms with Crippen LogP contribution in [0.2, 0.25) is 0 Å². The summed E-state index contributed by atoms with van der Waals surface area (Å²) in [5.41, 5.74) is 2.52. The first kappa shape index (κ1) is 15.2. The number of aryl methyl sites for hydroxylation is 1. The number of carbonyl (C=O) groups excluding carboxylic acids is 1. The lowest BCUT2D eigenvalue weighted by atomic mass is 9.81.